The molecule has 2 atom stereocenters. The number of halogens is 1. The molecule has 92 valence electrons. The lowest BCUT2D eigenvalue weighted by atomic mass is 10.1. The molecule has 0 heterocycles. The molecule has 2 unspecified atom stereocenters. The summed E-state index contributed by atoms with van der Waals surface area (Å²) in [7, 11) is 1.81. The summed E-state index contributed by atoms with van der Waals surface area (Å²) in [4.78, 5) is 13.9. The third-order valence-electron chi connectivity index (χ3n) is 3.35. The maximum Gasteiger partial charge on any atom is 0.255 e. The fraction of sp³-hybridized carbons (Fsp3) is 0.462. The monoisotopic (exact) mass is 252 g/mol. The molecule has 17 heavy (non-hydrogen) atoms. The molecule has 3 nitrogen and oxygen atoms in total. The van der Waals surface area contributed by atoms with E-state index in [9.17, 15) is 4.79 Å². The maximum atomic E-state index is 12.2. The summed E-state index contributed by atoms with van der Waals surface area (Å²) in [5, 5.41) is 0.458. The first-order chi connectivity index (χ1) is 7.99. The molecule has 0 radical (unpaired) electrons. The molecular weight excluding hydrogens is 236 g/mol. The summed E-state index contributed by atoms with van der Waals surface area (Å²) in [5.41, 5.74) is 6.72. The van der Waals surface area contributed by atoms with E-state index in [2.05, 4.69) is 6.92 Å². The normalized spacial score (nSPS) is 22.3. The predicted octanol–water partition coefficient (Wildman–Crippen LogP) is 2.65. The number of nitrogen functional groups attached to an aromatic ring is 1. The van der Waals surface area contributed by atoms with E-state index in [1.807, 2.05) is 7.05 Å². The Hall–Kier alpha value is -1.22. The van der Waals surface area contributed by atoms with Gasteiger partial charge in [0.25, 0.3) is 5.91 Å². The zero-order chi connectivity index (χ0) is 12.6. The van der Waals surface area contributed by atoms with Gasteiger partial charge in [0.2, 0.25) is 0 Å². The summed E-state index contributed by atoms with van der Waals surface area (Å²) in [6, 6.07) is 5.00. The van der Waals surface area contributed by atoms with Crippen molar-refractivity contribution in [1.82, 2.24) is 4.90 Å². The molecular formula is C13H17ClN2O. The van der Waals surface area contributed by atoms with Gasteiger partial charge < -0.3 is 10.6 Å². The number of benzene rings is 1. The van der Waals surface area contributed by atoms with Gasteiger partial charge in [-0.05, 0) is 36.5 Å². The first-order valence-corrected chi connectivity index (χ1v) is 6.17. The zero-order valence-electron chi connectivity index (χ0n) is 10.1. The van der Waals surface area contributed by atoms with Crippen molar-refractivity contribution in [3.63, 3.8) is 0 Å². The maximum absolute atomic E-state index is 12.2. The summed E-state index contributed by atoms with van der Waals surface area (Å²) in [5.74, 6) is 1.33. The van der Waals surface area contributed by atoms with Crippen LogP contribution in [0.5, 0.6) is 0 Å². The van der Waals surface area contributed by atoms with E-state index in [-0.39, 0.29) is 5.91 Å². The quantitative estimate of drug-likeness (QED) is 0.841. The van der Waals surface area contributed by atoms with Gasteiger partial charge in [0.1, 0.15) is 0 Å². The lowest BCUT2D eigenvalue weighted by Crippen LogP contribution is -2.29. The standard InChI is InChI=1S/C13H17ClN2O/c1-8-5-9(8)7-16(2)13(17)11-6-10(15)3-4-12(11)14/h3-4,6,8-9H,5,7,15H2,1-2H3. The molecule has 0 spiro atoms. The molecule has 2 rings (SSSR count). The average Bonchev–Trinajstić information content (AvgIpc) is 2.96. The van der Waals surface area contributed by atoms with Gasteiger partial charge in [-0.3, -0.25) is 4.79 Å². The van der Waals surface area contributed by atoms with E-state index < -0.39 is 0 Å². The Labute approximate surface area is 107 Å². The molecule has 1 aromatic rings. The molecule has 2 N–H and O–H groups in total. The third-order valence-corrected chi connectivity index (χ3v) is 3.68. The van der Waals surface area contributed by atoms with Crippen LogP contribution in [-0.2, 0) is 0 Å². The second-order valence-corrected chi connectivity index (χ2v) is 5.31. The van der Waals surface area contributed by atoms with Gasteiger partial charge in [-0.15, -0.1) is 0 Å². The van der Waals surface area contributed by atoms with Crippen LogP contribution in [0.25, 0.3) is 0 Å². The Morgan fingerprint density at radius 2 is 2.24 bits per heavy atom. The average molecular weight is 253 g/mol. The molecule has 1 aliphatic rings. The van der Waals surface area contributed by atoms with Crippen LogP contribution < -0.4 is 5.73 Å². The molecule has 0 bridgehead atoms. The highest BCUT2D eigenvalue weighted by Gasteiger charge is 2.34. The highest BCUT2D eigenvalue weighted by molar-refractivity contribution is 6.33. The van der Waals surface area contributed by atoms with Gasteiger partial charge in [0, 0.05) is 19.3 Å². The number of nitrogens with two attached hydrogens (primary N) is 1. The smallest absolute Gasteiger partial charge is 0.255 e. The van der Waals surface area contributed by atoms with E-state index in [1.54, 1.807) is 23.1 Å². The number of hydrogen-bond donors (Lipinski definition) is 1. The first-order valence-electron chi connectivity index (χ1n) is 5.79. The minimum Gasteiger partial charge on any atom is -0.399 e. The van der Waals surface area contributed by atoms with Crippen LogP contribution in [0.4, 0.5) is 5.69 Å². The zero-order valence-corrected chi connectivity index (χ0v) is 10.9. The van der Waals surface area contributed by atoms with Crippen LogP contribution in [-0.4, -0.2) is 24.4 Å². The van der Waals surface area contributed by atoms with Crippen molar-refractivity contribution >= 4 is 23.2 Å². The van der Waals surface area contributed by atoms with Gasteiger partial charge >= 0.3 is 0 Å². The number of anilines is 1. The molecule has 0 aliphatic heterocycles. The minimum atomic E-state index is -0.0543. The van der Waals surface area contributed by atoms with Gasteiger partial charge in [0.15, 0.2) is 0 Å². The van der Waals surface area contributed by atoms with Gasteiger partial charge in [-0.25, -0.2) is 0 Å². The first kappa shape index (κ1) is 12.2. The fourth-order valence-electron chi connectivity index (χ4n) is 2.00. The largest absolute Gasteiger partial charge is 0.399 e. The SMILES string of the molecule is CC1CC1CN(C)C(=O)c1cc(N)ccc1Cl. The summed E-state index contributed by atoms with van der Waals surface area (Å²) in [6.07, 6.45) is 1.21. The van der Waals surface area contributed by atoms with Crippen LogP contribution in [0.15, 0.2) is 18.2 Å². The number of carbonyl (C=O) groups is 1. The van der Waals surface area contributed by atoms with E-state index in [1.165, 1.54) is 6.42 Å². The molecule has 4 heteroatoms. The molecule has 1 aromatic carbocycles. The number of amides is 1. The van der Waals surface area contributed by atoms with E-state index in [0.717, 1.165) is 12.5 Å². The number of carbonyl (C=O) groups excluding carboxylic acids is 1. The molecule has 1 aliphatic carbocycles. The third kappa shape index (κ3) is 2.72. The van der Waals surface area contributed by atoms with Gasteiger partial charge in [-0.1, -0.05) is 18.5 Å². The van der Waals surface area contributed by atoms with Crippen molar-refractivity contribution in [2.45, 2.75) is 13.3 Å². The van der Waals surface area contributed by atoms with Crippen molar-refractivity contribution in [3.05, 3.63) is 28.8 Å². The molecule has 0 aromatic heterocycles. The highest BCUT2D eigenvalue weighted by Crippen LogP contribution is 2.38. The second kappa shape index (κ2) is 4.57. The van der Waals surface area contributed by atoms with Crippen molar-refractivity contribution in [2.75, 3.05) is 19.3 Å². The highest BCUT2D eigenvalue weighted by atomic mass is 35.5. The van der Waals surface area contributed by atoms with E-state index >= 15 is 0 Å². The Bertz CT molecular complexity index is 447. The van der Waals surface area contributed by atoms with Crippen LogP contribution in [0.2, 0.25) is 5.02 Å². The van der Waals surface area contributed by atoms with Gasteiger partial charge in [0.05, 0.1) is 10.6 Å². The summed E-state index contributed by atoms with van der Waals surface area (Å²) in [6.45, 7) is 3.00. The van der Waals surface area contributed by atoms with E-state index in [4.69, 9.17) is 17.3 Å². The lowest BCUT2D eigenvalue weighted by Gasteiger charge is -2.18. The topological polar surface area (TPSA) is 46.3 Å². The van der Waals surface area contributed by atoms with Crippen LogP contribution >= 0.6 is 11.6 Å². The molecule has 1 amide bonds. The Morgan fingerprint density at radius 3 is 2.82 bits per heavy atom. The Morgan fingerprint density at radius 1 is 1.59 bits per heavy atom. The van der Waals surface area contributed by atoms with Crippen molar-refractivity contribution in [3.8, 4) is 0 Å². The van der Waals surface area contributed by atoms with Crippen LogP contribution in [0.1, 0.15) is 23.7 Å². The van der Waals surface area contributed by atoms with E-state index in [0.29, 0.717) is 22.2 Å². The lowest BCUT2D eigenvalue weighted by molar-refractivity contribution is 0.0787. The van der Waals surface area contributed by atoms with Crippen molar-refractivity contribution in [1.29, 1.82) is 0 Å². The van der Waals surface area contributed by atoms with Crippen molar-refractivity contribution < 1.29 is 4.79 Å². The molecule has 1 saturated carbocycles. The Kier molecular flexibility index (Phi) is 3.29. The summed E-state index contributed by atoms with van der Waals surface area (Å²) >= 11 is 6.01. The molecule has 0 saturated heterocycles. The van der Waals surface area contributed by atoms with Gasteiger partial charge in [-0.2, -0.15) is 0 Å². The van der Waals surface area contributed by atoms with Crippen molar-refractivity contribution in [2.24, 2.45) is 11.8 Å². The Balaban J connectivity index is 2.10. The predicted molar refractivity (Wildman–Crippen MR) is 70.1 cm³/mol. The number of nitrogens with zero attached hydrogens (tertiary/aromatic N) is 1. The second-order valence-electron chi connectivity index (χ2n) is 4.90. The molecule has 1 fully saturated rings. The minimum absolute atomic E-state index is 0.0543. The van der Waals surface area contributed by atoms with Crippen LogP contribution in [0.3, 0.4) is 0 Å². The number of rotatable bonds is 3. The summed E-state index contributed by atoms with van der Waals surface area (Å²) < 4.78 is 0. The fourth-order valence-corrected chi connectivity index (χ4v) is 2.20. The van der Waals surface area contributed by atoms with Crippen LogP contribution in [0, 0.1) is 11.8 Å². The number of hydrogen-bond acceptors (Lipinski definition) is 2.